The average molecular weight is 598 g/mol. The molecule has 3 aromatic rings. The molecular formula is C31H34F3N5O4. The van der Waals surface area contributed by atoms with Gasteiger partial charge < -0.3 is 24.9 Å². The smallest absolute Gasteiger partial charge is 0.416 e. The summed E-state index contributed by atoms with van der Waals surface area (Å²) in [5.41, 5.74) is 3.75. The number of hydrogen-bond donors (Lipinski definition) is 2. The standard InChI is InChI=1S/C31H34F3N5O4/c32-31(33,34)22-8-5-21(6-9-22)29-25-19-37(30(42)43)16-13-27(25)38(35-29)18-24(40)17-36-14-11-23(12-15-36)39-26-4-2-1-3-20(26)7-10-28(39)41/h1-6,8-9,23-24,40H,7,10-19H2,(H,42,43). The third-order valence-corrected chi connectivity index (χ3v) is 8.79. The Kier molecular flexibility index (Phi) is 7.91. The van der Waals surface area contributed by atoms with Crippen LogP contribution in [0.1, 0.15) is 41.6 Å². The van der Waals surface area contributed by atoms with Crippen molar-refractivity contribution in [3.63, 3.8) is 0 Å². The van der Waals surface area contributed by atoms with Crippen LogP contribution in [0, 0.1) is 0 Å². The molecule has 2 N–H and O–H groups in total. The number of rotatable bonds is 6. The van der Waals surface area contributed by atoms with E-state index in [4.69, 9.17) is 0 Å². The summed E-state index contributed by atoms with van der Waals surface area (Å²) in [7, 11) is 0. The number of aliphatic hydroxyl groups is 1. The molecule has 1 unspecified atom stereocenters. The summed E-state index contributed by atoms with van der Waals surface area (Å²) in [6.45, 7) is 2.38. The number of anilines is 1. The van der Waals surface area contributed by atoms with Gasteiger partial charge in [0.1, 0.15) is 0 Å². The van der Waals surface area contributed by atoms with E-state index in [1.165, 1.54) is 22.6 Å². The summed E-state index contributed by atoms with van der Waals surface area (Å²) in [4.78, 5) is 29.9. The van der Waals surface area contributed by atoms with Crippen LogP contribution >= 0.6 is 0 Å². The van der Waals surface area contributed by atoms with Gasteiger partial charge >= 0.3 is 12.3 Å². The van der Waals surface area contributed by atoms with Crippen molar-refractivity contribution in [2.75, 3.05) is 31.1 Å². The van der Waals surface area contributed by atoms with Crippen molar-refractivity contribution in [3.05, 3.63) is 70.9 Å². The zero-order chi connectivity index (χ0) is 30.3. The van der Waals surface area contributed by atoms with Crippen molar-refractivity contribution in [1.29, 1.82) is 0 Å². The van der Waals surface area contributed by atoms with Gasteiger partial charge in [0.25, 0.3) is 0 Å². The number of para-hydroxylation sites is 1. The number of aliphatic hydroxyl groups excluding tert-OH is 1. The Bertz CT molecular complexity index is 1500. The van der Waals surface area contributed by atoms with E-state index in [0.717, 1.165) is 55.9 Å². The fourth-order valence-corrected chi connectivity index (χ4v) is 6.62. The van der Waals surface area contributed by atoms with Crippen molar-refractivity contribution >= 4 is 17.7 Å². The molecule has 228 valence electrons. The number of hydrogen-bond acceptors (Lipinski definition) is 5. The number of fused-ring (bicyclic) bond motifs is 2. The number of carbonyl (C=O) groups excluding carboxylic acids is 1. The molecule has 1 fully saturated rings. The highest BCUT2D eigenvalue weighted by molar-refractivity contribution is 5.97. The fraction of sp³-hybridized carbons (Fsp3) is 0.452. The summed E-state index contributed by atoms with van der Waals surface area (Å²) in [5.74, 6) is 0.158. The minimum atomic E-state index is -4.47. The Balaban J connectivity index is 1.14. The molecule has 0 aliphatic carbocycles. The van der Waals surface area contributed by atoms with Gasteiger partial charge in [-0.1, -0.05) is 30.3 Å². The molecule has 1 aromatic heterocycles. The Morgan fingerprint density at radius 2 is 1.70 bits per heavy atom. The van der Waals surface area contributed by atoms with E-state index < -0.39 is 23.9 Å². The summed E-state index contributed by atoms with van der Waals surface area (Å²) in [5, 5.41) is 25.3. The average Bonchev–Trinajstić information content (AvgIpc) is 3.34. The molecule has 1 saturated heterocycles. The monoisotopic (exact) mass is 597 g/mol. The van der Waals surface area contributed by atoms with Crippen molar-refractivity contribution < 1.29 is 33.0 Å². The normalized spacial score (nSPS) is 18.8. The molecule has 1 atom stereocenters. The Labute approximate surface area is 247 Å². The van der Waals surface area contributed by atoms with Crippen LogP contribution in [0.25, 0.3) is 11.3 Å². The van der Waals surface area contributed by atoms with Crippen LogP contribution in [0.5, 0.6) is 0 Å². The number of alkyl halides is 3. The van der Waals surface area contributed by atoms with Gasteiger partial charge in [-0.05, 0) is 43.0 Å². The summed E-state index contributed by atoms with van der Waals surface area (Å²) in [6, 6.07) is 12.9. The first kappa shape index (κ1) is 29.2. The first-order chi connectivity index (χ1) is 20.6. The van der Waals surface area contributed by atoms with Crippen molar-refractivity contribution in [2.24, 2.45) is 0 Å². The van der Waals surface area contributed by atoms with Gasteiger partial charge in [0.2, 0.25) is 5.91 Å². The zero-order valence-corrected chi connectivity index (χ0v) is 23.6. The third-order valence-electron chi connectivity index (χ3n) is 8.79. The maximum absolute atomic E-state index is 13.1. The van der Waals surface area contributed by atoms with Gasteiger partial charge in [-0.25, -0.2) is 4.79 Å². The SMILES string of the molecule is O=C(O)N1CCc2c(c(-c3ccc(C(F)(F)F)cc3)nn2CC(O)CN2CCC(N3C(=O)CCc4ccccc43)CC2)C1. The topological polar surface area (TPSA) is 102 Å². The molecule has 4 heterocycles. The summed E-state index contributed by atoms with van der Waals surface area (Å²) in [6.07, 6.45) is -3.04. The Morgan fingerprint density at radius 3 is 2.40 bits per heavy atom. The second-order valence-electron chi connectivity index (χ2n) is 11.6. The predicted octanol–water partition coefficient (Wildman–Crippen LogP) is 4.41. The molecule has 3 aliphatic rings. The third kappa shape index (κ3) is 5.98. The van der Waals surface area contributed by atoms with Crippen LogP contribution in [0.3, 0.4) is 0 Å². The van der Waals surface area contributed by atoms with Gasteiger partial charge in [-0.2, -0.15) is 18.3 Å². The van der Waals surface area contributed by atoms with Crippen LogP contribution in [0.2, 0.25) is 0 Å². The first-order valence-electron chi connectivity index (χ1n) is 14.6. The molecule has 3 aliphatic heterocycles. The number of aryl methyl sites for hydroxylation is 1. The van der Waals surface area contributed by atoms with E-state index in [0.29, 0.717) is 36.2 Å². The van der Waals surface area contributed by atoms with Crippen LogP contribution in [-0.2, 0) is 36.9 Å². The van der Waals surface area contributed by atoms with Gasteiger partial charge in [0, 0.05) is 67.6 Å². The van der Waals surface area contributed by atoms with Gasteiger partial charge in [0.15, 0.2) is 0 Å². The number of benzene rings is 2. The van der Waals surface area contributed by atoms with Crippen molar-refractivity contribution in [2.45, 2.75) is 63.5 Å². The molecule has 0 saturated carbocycles. The number of carbonyl (C=O) groups is 2. The largest absolute Gasteiger partial charge is 0.465 e. The molecular weight excluding hydrogens is 563 g/mol. The molecule has 0 bridgehead atoms. The van der Waals surface area contributed by atoms with Gasteiger partial charge in [-0.15, -0.1) is 0 Å². The van der Waals surface area contributed by atoms with E-state index in [2.05, 4.69) is 16.1 Å². The number of amides is 2. The fourth-order valence-electron chi connectivity index (χ4n) is 6.62. The van der Waals surface area contributed by atoms with Crippen molar-refractivity contribution in [3.8, 4) is 11.3 Å². The van der Waals surface area contributed by atoms with E-state index >= 15 is 0 Å². The van der Waals surface area contributed by atoms with Gasteiger partial charge in [0.05, 0.1) is 30.5 Å². The van der Waals surface area contributed by atoms with Crippen molar-refractivity contribution in [1.82, 2.24) is 19.6 Å². The number of β-amino-alcohol motifs (C(OH)–C–C–N with tert-alkyl or cyclic N) is 1. The van der Waals surface area contributed by atoms with E-state index in [1.54, 1.807) is 4.68 Å². The minimum Gasteiger partial charge on any atom is -0.465 e. The van der Waals surface area contributed by atoms with E-state index in [-0.39, 0.29) is 31.6 Å². The Hall–Kier alpha value is -3.90. The second kappa shape index (κ2) is 11.6. The molecule has 12 heteroatoms. The van der Waals surface area contributed by atoms with Crippen LogP contribution in [0.4, 0.5) is 23.7 Å². The van der Waals surface area contributed by atoms with Crippen LogP contribution in [0.15, 0.2) is 48.5 Å². The highest BCUT2D eigenvalue weighted by atomic mass is 19.4. The van der Waals surface area contributed by atoms with Crippen LogP contribution in [-0.4, -0.2) is 80.1 Å². The highest BCUT2D eigenvalue weighted by Gasteiger charge is 2.34. The molecule has 9 nitrogen and oxygen atoms in total. The second-order valence-corrected chi connectivity index (χ2v) is 11.6. The molecule has 43 heavy (non-hydrogen) atoms. The first-order valence-corrected chi connectivity index (χ1v) is 14.6. The van der Waals surface area contributed by atoms with Crippen LogP contribution < -0.4 is 4.90 Å². The summed E-state index contributed by atoms with van der Waals surface area (Å²) < 4.78 is 41.1. The number of likely N-dealkylation sites (tertiary alicyclic amines) is 1. The number of nitrogens with zero attached hydrogens (tertiary/aromatic N) is 5. The number of piperidine rings is 1. The maximum atomic E-state index is 13.1. The summed E-state index contributed by atoms with van der Waals surface area (Å²) >= 11 is 0. The quantitative estimate of drug-likeness (QED) is 0.437. The Morgan fingerprint density at radius 1 is 0.977 bits per heavy atom. The predicted molar refractivity (Wildman–Crippen MR) is 153 cm³/mol. The van der Waals surface area contributed by atoms with E-state index in [9.17, 15) is 33.0 Å². The molecule has 0 spiro atoms. The molecule has 6 rings (SSSR count). The number of carboxylic acid groups (broad SMARTS) is 1. The lowest BCUT2D eigenvalue weighted by Crippen LogP contribution is -2.50. The molecule has 2 amide bonds. The minimum absolute atomic E-state index is 0.0724. The number of halogens is 3. The zero-order valence-electron chi connectivity index (χ0n) is 23.6. The van der Waals surface area contributed by atoms with Gasteiger partial charge in [-0.3, -0.25) is 9.48 Å². The lowest BCUT2D eigenvalue weighted by molar-refractivity contribution is -0.137. The maximum Gasteiger partial charge on any atom is 0.416 e. The molecule has 0 radical (unpaired) electrons. The molecule has 2 aromatic carbocycles. The lowest BCUT2D eigenvalue weighted by atomic mass is 9.95. The highest BCUT2D eigenvalue weighted by Crippen LogP contribution is 2.35. The number of aromatic nitrogens is 2. The lowest BCUT2D eigenvalue weighted by Gasteiger charge is -2.41. The van der Waals surface area contributed by atoms with E-state index in [1.807, 2.05) is 23.1 Å².